The summed E-state index contributed by atoms with van der Waals surface area (Å²) in [5.74, 6) is -3.37. The van der Waals surface area contributed by atoms with Crippen LogP contribution in [0.2, 0.25) is 0 Å². The number of hydrogen-bond donors (Lipinski definition) is 3. The molecule has 2 unspecified atom stereocenters. The van der Waals surface area contributed by atoms with Gasteiger partial charge in [0.1, 0.15) is 11.6 Å². The monoisotopic (exact) mass is 359 g/mol. The summed E-state index contributed by atoms with van der Waals surface area (Å²) in [6, 6.07) is 9.71. The third-order valence-corrected chi connectivity index (χ3v) is 4.91. The van der Waals surface area contributed by atoms with Crippen LogP contribution in [0.1, 0.15) is 22.7 Å². The Morgan fingerprint density at radius 1 is 0.739 bits per heavy atom. The highest BCUT2D eigenvalue weighted by atomic mass is 31.1. The van der Waals surface area contributed by atoms with E-state index in [4.69, 9.17) is 0 Å². The lowest BCUT2D eigenvalue weighted by Gasteiger charge is -2.11. The molecule has 0 aromatic heterocycles. The Labute approximate surface area is 132 Å². The maximum Gasteiger partial charge on any atom is 0.529 e. The van der Waals surface area contributed by atoms with Gasteiger partial charge < -0.3 is 0 Å². The zero-order valence-electron chi connectivity index (χ0n) is 11.6. The van der Waals surface area contributed by atoms with Gasteiger partial charge in [0.05, 0.1) is 0 Å². The molecule has 0 saturated heterocycles. The standard InChI is InChI=1S/C14H11F2NO4P2/c15-11-5-1-9(2-6-11)13(22(18)19)17-14(23(20)21)10-3-7-12(16)8-4-10/h1-8,13-14,17H/p+2/t13-,14+. The number of nitrogens with one attached hydrogen (secondary N) is 1. The molecule has 0 aliphatic rings. The third kappa shape index (κ3) is 4.67. The van der Waals surface area contributed by atoms with Crippen LogP contribution in [0.15, 0.2) is 48.5 Å². The molecule has 0 amide bonds. The summed E-state index contributed by atoms with van der Waals surface area (Å²) >= 11 is 0. The topological polar surface area (TPSA) is 86.6 Å². The summed E-state index contributed by atoms with van der Waals surface area (Å²) in [7, 11) is -5.60. The Hall–Kier alpha value is -1.62. The molecule has 23 heavy (non-hydrogen) atoms. The van der Waals surface area contributed by atoms with Crippen molar-refractivity contribution in [1.29, 1.82) is 0 Å². The summed E-state index contributed by atoms with van der Waals surface area (Å²) in [6.07, 6.45) is 0. The zero-order chi connectivity index (χ0) is 17.0. The molecule has 120 valence electrons. The predicted molar refractivity (Wildman–Crippen MR) is 81.1 cm³/mol. The van der Waals surface area contributed by atoms with Crippen molar-refractivity contribution in [2.75, 3.05) is 0 Å². The number of hydrogen-bond acceptors (Lipinski definition) is 3. The quantitative estimate of drug-likeness (QED) is 0.685. The molecule has 0 saturated carbocycles. The second-order valence-electron chi connectivity index (χ2n) is 4.68. The van der Waals surface area contributed by atoms with Crippen molar-refractivity contribution in [3.63, 3.8) is 0 Å². The van der Waals surface area contributed by atoms with Crippen LogP contribution in [0.25, 0.3) is 0 Å². The Morgan fingerprint density at radius 3 is 1.30 bits per heavy atom. The molecular formula is C14H13F2NO4P2+2. The summed E-state index contributed by atoms with van der Waals surface area (Å²) in [5.41, 5.74) is 0.581. The Kier molecular flexibility index (Phi) is 5.99. The third-order valence-electron chi connectivity index (χ3n) is 3.13. The average molecular weight is 359 g/mol. The van der Waals surface area contributed by atoms with Gasteiger partial charge in [0.2, 0.25) is 0 Å². The molecule has 4 atom stereocenters. The molecule has 0 aliphatic carbocycles. The summed E-state index contributed by atoms with van der Waals surface area (Å²) in [6.45, 7) is 0. The lowest BCUT2D eigenvalue weighted by Crippen LogP contribution is -2.22. The van der Waals surface area contributed by atoms with Gasteiger partial charge in [-0.2, -0.15) is 9.79 Å². The van der Waals surface area contributed by atoms with E-state index in [-0.39, 0.29) is 0 Å². The molecule has 5 nitrogen and oxygen atoms in total. The van der Waals surface area contributed by atoms with Crippen molar-refractivity contribution in [2.24, 2.45) is 0 Å². The Balaban J connectivity index is 2.31. The van der Waals surface area contributed by atoms with Crippen molar-refractivity contribution in [2.45, 2.75) is 11.6 Å². The lowest BCUT2D eigenvalue weighted by atomic mass is 10.2. The number of rotatable bonds is 6. The highest BCUT2D eigenvalue weighted by Crippen LogP contribution is 2.43. The molecule has 0 radical (unpaired) electrons. The van der Waals surface area contributed by atoms with Crippen LogP contribution >= 0.6 is 16.1 Å². The van der Waals surface area contributed by atoms with Gasteiger partial charge in [-0.1, -0.05) is 24.3 Å². The van der Waals surface area contributed by atoms with Crippen LogP contribution in [0.5, 0.6) is 0 Å². The van der Waals surface area contributed by atoms with Gasteiger partial charge in [-0.25, -0.2) is 14.1 Å². The summed E-state index contributed by atoms with van der Waals surface area (Å²) in [4.78, 5) is 18.9. The second-order valence-corrected chi connectivity index (χ2v) is 6.92. The Bertz CT molecular complexity index is 648. The van der Waals surface area contributed by atoms with Crippen molar-refractivity contribution in [3.05, 3.63) is 71.3 Å². The van der Waals surface area contributed by atoms with Crippen molar-refractivity contribution >= 4 is 16.1 Å². The van der Waals surface area contributed by atoms with E-state index in [1.165, 1.54) is 24.3 Å². The number of benzene rings is 2. The molecule has 0 spiro atoms. The van der Waals surface area contributed by atoms with Crippen molar-refractivity contribution in [3.8, 4) is 0 Å². The van der Waals surface area contributed by atoms with E-state index in [0.29, 0.717) is 11.1 Å². The molecule has 0 bridgehead atoms. The first-order valence-corrected chi connectivity index (χ1v) is 9.02. The molecule has 9 heteroatoms. The highest BCUT2D eigenvalue weighted by molar-refractivity contribution is 7.39. The van der Waals surface area contributed by atoms with Crippen LogP contribution in [-0.4, -0.2) is 9.79 Å². The first-order valence-electron chi connectivity index (χ1n) is 6.46. The average Bonchev–Trinajstić information content (AvgIpc) is 2.50. The maximum atomic E-state index is 13.0. The predicted octanol–water partition coefficient (Wildman–Crippen LogP) is 3.72. The van der Waals surface area contributed by atoms with Crippen LogP contribution in [0.3, 0.4) is 0 Å². The SMILES string of the molecule is O=[P+](O)[C@H](N[C@@H](c1ccc(F)cc1)[P+](=O)O)c1ccc(F)cc1. The van der Waals surface area contributed by atoms with Gasteiger partial charge in [-0.3, -0.25) is 0 Å². The number of halogens is 2. The fourth-order valence-electron chi connectivity index (χ4n) is 2.01. The van der Waals surface area contributed by atoms with Gasteiger partial charge in [-0.15, -0.1) is 0 Å². The molecule has 0 aliphatic heterocycles. The van der Waals surface area contributed by atoms with Gasteiger partial charge in [0.25, 0.3) is 11.6 Å². The zero-order valence-corrected chi connectivity index (χ0v) is 13.4. The van der Waals surface area contributed by atoms with Crippen LogP contribution in [0, 0.1) is 11.6 Å². The van der Waals surface area contributed by atoms with Crippen molar-refractivity contribution < 1.29 is 27.7 Å². The fraction of sp³-hybridized carbons (Fsp3) is 0.143. The van der Waals surface area contributed by atoms with Crippen molar-refractivity contribution in [1.82, 2.24) is 5.32 Å². The lowest BCUT2D eigenvalue weighted by molar-refractivity contribution is 0.450. The molecular weight excluding hydrogens is 346 g/mol. The summed E-state index contributed by atoms with van der Waals surface area (Å²) < 4.78 is 49.1. The minimum absolute atomic E-state index is 0.291. The minimum atomic E-state index is -2.80. The normalized spacial score (nSPS) is 15.0. The molecule has 2 aromatic rings. The van der Waals surface area contributed by atoms with E-state index >= 15 is 0 Å². The van der Waals surface area contributed by atoms with E-state index < -0.39 is 39.3 Å². The molecule has 2 rings (SSSR count). The molecule has 2 aromatic carbocycles. The van der Waals surface area contributed by atoms with E-state index in [0.717, 1.165) is 24.3 Å². The first-order chi connectivity index (χ1) is 10.9. The molecule has 3 N–H and O–H groups in total. The minimum Gasteiger partial charge on any atom is -0.216 e. The van der Waals surface area contributed by atoms with Gasteiger partial charge in [0, 0.05) is 11.1 Å². The van der Waals surface area contributed by atoms with E-state index in [9.17, 15) is 27.7 Å². The van der Waals surface area contributed by atoms with Crippen LogP contribution < -0.4 is 5.32 Å². The fourth-order valence-corrected chi connectivity index (χ4v) is 3.54. The van der Waals surface area contributed by atoms with Gasteiger partial charge >= 0.3 is 16.1 Å². The van der Waals surface area contributed by atoms with E-state index in [1.807, 2.05) is 0 Å². The summed E-state index contributed by atoms with van der Waals surface area (Å²) in [5, 5.41) is 2.61. The smallest absolute Gasteiger partial charge is 0.216 e. The van der Waals surface area contributed by atoms with Gasteiger partial charge in [0.15, 0.2) is 0 Å². The molecule has 0 fully saturated rings. The van der Waals surface area contributed by atoms with Crippen LogP contribution in [0.4, 0.5) is 8.78 Å². The van der Waals surface area contributed by atoms with Crippen LogP contribution in [-0.2, 0) is 9.13 Å². The Morgan fingerprint density at radius 2 is 1.04 bits per heavy atom. The maximum absolute atomic E-state index is 13.0. The largest absolute Gasteiger partial charge is 0.529 e. The first kappa shape index (κ1) is 17.7. The van der Waals surface area contributed by atoms with E-state index in [1.54, 1.807) is 0 Å². The second kappa shape index (κ2) is 7.77. The van der Waals surface area contributed by atoms with E-state index in [2.05, 4.69) is 5.32 Å². The van der Waals surface area contributed by atoms with Gasteiger partial charge in [-0.05, 0) is 33.4 Å². The molecule has 0 heterocycles. The highest BCUT2D eigenvalue weighted by Gasteiger charge is 2.41.